The third-order valence-corrected chi connectivity index (χ3v) is 5.29. The van der Waals surface area contributed by atoms with Crippen LogP contribution in [0.3, 0.4) is 0 Å². The Morgan fingerprint density at radius 2 is 1.64 bits per heavy atom. The molecule has 1 fully saturated rings. The third kappa shape index (κ3) is 2.05. The SMILES string of the molecule is CN1C(=O)C2(CC2)N=C1c1ccc(-c2ccc3c(cnn3C)c2)cc1. The highest BCUT2D eigenvalue weighted by Crippen LogP contribution is 2.45. The number of fused-ring (bicyclic) bond motifs is 1. The third-order valence-electron chi connectivity index (χ3n) is 5.29. The number of aliphatic imine (C=N–C) groups is 1. The van der Waals surface area contributed by atoms with Gasteiger partial charge in [0, 0.05) is 25.0 Å². The zero-order chi connectivity index (χ0) is 17.2. The van der Waals surface area contributed by atoms with Crippen LogP contribution in [0, 0.1) is 0 Å². The van der Waals surface area contributed by atoms with Crippen LogP contribution in [0.5, 0.6) is 0 Å². The summed E-state index contributed by atoms with van der Waals surface area (Å²) in [5.41, 5.74) is 3.97. The number of aryl methyl sites for hydroxylation is 1. The molecular formula is C20H18N4O. The van der Waals surface area contributed by atoms with Gasteiger partial charge in [-0.1, -0.05) is 30.3 Å². The van der Waals surface area contributed by atoms with Gasteiger partial charge in [0.05, 0.1) is 11.7 Å². The number of amides is 1. The molecule has 5 rings (SSSR count). The van der Waals surface area contributed by atoms with E-state index < -0.39 is 5.54 Å². The summed E-state index contributed by atoms with van der Waals surface area (Å²) in [6, 6.07) is 14.6. The first-order chi connectivity index (χ1) is 12.1. The van der Waals surface area contributed by atoms with Crippen molar-refractivity contribution >= 4 is 22.6 Å². The highest BCUT2D eigenvalue weighted by Gasteiger charge is 2.56. The Kier molecular flexibility index (Phi) is 2.76. The highest BCUT2D eigenvalue weighted by molar-refractivity contribution is 6.16. The first-order valence-electron chi connectivity index (χ1n) is 8.48. The van der Waals surface area contributed by atoms with Crippen molar-refractivity contribution in [2.75, 3.05) is 7.05 Å². The van der Waals surface area contributed by atoms with Crippen LogP contribution >= 0.6 is 0 Å². The van der Waals surface area contributed by atoms with E-state index in [9.17, 15) is 4.79 Å². The first-order valence-corrected chi connectivity index (χ1v) is 8.48. The van der Waals surface area contributed by atoms with Gasteiger partial charge in [-0.3, -0.25) is 19.4 Å². The second-order valence-electron chi connectivity index (χ2n) is 6.95. The van der Waals surface area contributed by atoms with E-state index in [2.05, 4.69) is 35.4 Å². The topological polar surface area (TPSA) is 50.5 Å². The Morgan fingerprint density at radius 3 is 2.32 bits per heavy atom. The number of carbonyl (C=O) groups excluding carboxylic acids is 1. The summed E-state index contributed by atoms with van der Waals surface area (Å²) in [6.45, 7) is 0. The maximum Gasteiger partial charge on any atom is 0.255 e. The molecule has 0 N–H and O–H groups in total. The van der Waals surface area contributed by atoms with Gasteiger partial charge >= 0.3 is 0 Å². The lowest BCUT2D eigenvalue weighted by atomic mass is 10.0. The fourth-order valence-corrected chi connectivity index (χ4v) is 3.59. The summed E-state index contributed by atoms with van der Waals surface area (Å²) in [5, 5.41) is 5.43. The van der Waals surface area contributed by atoms with Crippen molar-refractivity contribution < 1.29 is 4.79 Å². The molecule has 0 saturated heterocycles. The normalized spacial score (nSPS) is 18.2. The van der Waals surface area contributed by atoms with Crippen molar-refractivity contribution in [1.82, 2.24) is 14.7 Å². The number of likely N-dealkylation sites (N-methyl/N-ethyl adjacent to an activating group) is 1. The molecule has 2 aromatic carbocycles. The lowest BCUT2D eigenvalue weighted by molar-refractivity contribution is -0.127. The van der Waals surface area contributed by atoms with Crippen LogP contribution in [-0.4, -0.2) is 39.0 Å². The van der Waals surface area contributed by atoms with Crippen LogP contribution < -0.4 is 0 Å². The fourth-order valence-electron chi connectivity index (χ4n) is 3.59. The van der Waals surface area contributed by atoms with Crippen LogP contribution in [0.15, 0.2) is 53.7 Å². The largest absolute Gasteiger partial charge is 0.298 e. The summed E-state index contributed by atoms with van der Waals surface area (Å²) < 4.78 is 1.88. The second-order valence-corrected chi connectivity index (χ2v) is 6.95. The zero-order valence-corrected chi connectivity index (χ0v) is 14.2. The van der Waals surface area contributed by atoms with Gasteiger partial charge in [0.15, 0.2) is 0 Å². The second kappa shape index (κ2) is 4.79. The average molecular weight is 330 g/mol. The monoisotopic (exact) mass is 330 g/mol. The van der Waals surface area contributed by atoms with E-state index in [1.165, 1.54) is 0 Å². The standard InChI is InChI=1S/C20H18N4O/c1-23-18(22-20(9-10-20)19(23)25)14-5-3-13(4-6-14)15-7-8-17-16(11-15)12-21-24(17)2/h3-8,11-12H,9-10H2,1-2H3. The predicted molar refractivity (Wildman–Crippen MR) is 97.4 cm³/mol. The molecule has 0 bridgehead atoms. The van der Waals surface area contributed by atoms with Crippen LogP contribution in [0.25, 0.3) is 22.0 Å². The minimum absolute atomic E-state index is 0.133. The molecule has 124 valence electrons. The van der Waals surface area contributed by atoms with E-state index in [4.69, 9.17) is 4.99 Å². The van der Waals surface area contributed by atoms with Crippen molar-refractivity contribution in [3.8, 4) is 11.1 Å². The molecule has 2 aliphatic rings. The molecule has 5 nitrogen and oxygen atoms in total. The van der Waals surface area contributed by atoms with Gasteiger partial charge < -0.3 is 0 Å². The van der Waals surface area contributed by atoms with Crippen molar-refractivity contribution in [2.24, 2.45) is 12.0 Å². The molecule has 0 atom stereocenters. The highest BCUT2D eigenvalue weighted by atomic mass is 16.2. The molecule has 0 radical (unpaired) electrons. The lowest BCUT2D eigenvalue weighted by Crippen LogP contribution is -2.32. The Hall–Kier alpha value is -2.95. The van der Waals surface area contributed by atoms with E-state index in [-0.39, 0.29) is 5.91 Å². The van der Waals surface area contributed by atoms with Crippen LogP contribution in [0.2, 0.25) is 0 Å². The van der Waals surface area contributed by atoms with Gasteiger partial charge in [0.25, 0.3) is 5.91 Å². The molecule has 25 heavy (non-hydrogen) atoms. The molecule has 1 saturated carbocycles. The molecule has 1 spiro atoms. The number of hydrogen-bond acceptors (Lipinski definition) is 3. The summed E-state index contributed by atoms with van der Waals surface area (Å²) >= 11 is 0. The first kappa shape index (κ1) is 14.4. The molecule has 5 heteroatoms. The average Bonchev–Trinajstić information content (AvgIpc) is 3.28. The predicted octanol–water partition coefficient (Wildman–Crippen LogP) is 2.99. The van der Waals surface area contributed by atoms with Gasteiger partial charge in [-0.15, -0.1) is 0 Å². The molecule has 1 aliphatic carbocycles. The van der Waals surface area contributed by atoms with E-state index in [0.717, 1.165) is 46.3 Å². The van der Waals surface area contributed by atoms with Gasteiger partial charge in [-0.2, -0.15) is 5.10 Å². The van der Waals surface area contributed by atoms with Crippen molar-refractivity contribution in [1.29, 1.82) is 0 Å². The van der Waals surface area contributed by atoms with Gasteiger partial charge in [-0.05, 0) is 36.1 Å². The number of rotatable bonds is 2. The summed E-state index contributed by atoms with van der Waals surface area (Å²) in [7, 11) is 3.77. The minimum Gasteiger partial charge on any atom is -0.298 e. The smallest absolute Gasteiger partial charge is 0.255 e. The molecule has 2 heterocycles. The van der Waals surface area contributed by atoms with E-state index in [1.807, 2.05) is 37.1 Å². The zero-order valence-electron chi connectivity index (χ0n) is 14.2. The quantitative estimate of drug-likeness (QED) is 0.725. The number of hydrogen-bond donors (Lipinski definition) is 0. The molecule has 1 aliphatic heterocycles. The Morgan fingerprint density at radius 1 is 0.960 bits per heavy atom. The van der Waals surface area contributed by atoms with Crippen molar-refractivity contribution in [3.05, 3.63) is 54.2 Å². The van der Waals surface area contributed by atoms with Gasteiger partial charge in [-0.25, -0.2) is 0 Å². The fraction of sp³-hybridized carbons (Fsp3) is 0.250. The van der Waals surface area contributed by atoms with Gasteiger partial charge in [0.2, 0.25) is 0 Å². The Balaban J connectivity index is 1.50. The van der Waals surface area contributed by atoms with Crippen LogP contribution in [0.4, 0.5) is 0 Å². The van der Waals surface area contributed by atoms with Gasteiger partial charge in [0.1, 0.15) is 11.4 Å². The molecule has 0 unspecified atom stereocenters. The summed E-state index contributed by atoms with van der Waals surface area (Å²) in [5.74, 6) is 0.922. The van der Waals surface area contributed by atoms with E-state index in [1.54, 1.807) is 4.90 Å². The number of benzene rings is 2. The summed E-state index contributed by atoms with van der Waals surface area (Å²) in [4.78, 5) is 18.7. The van der Waals surface area contributed by atoms with Crippen LogP contribution in [0.1, 0.15) is 18.4 Å². The van der Waals surface area contributed by atoms with E-state index >= 15 is 0 Å². The number of carbonyl (C=O) groups is 1. The molecule has 1 amide bonds. The Bertz CT molecular complexity index is 1040. The lowest BCUT2D eigenvalue weighted by Gasteiger charge is -2.13. The number of aromatic nitrogens is 2. The molecule has 1 aromatic heterocycles. The maximum atomic E-state index is 12.3. The number of nitrogens with zero attached hydrogens (tertiary/aromatic N) is 4. The maximum absolute atomic E-state index is 12.3. The minimum atomic E-state index is -0.436. The van der Waals surface area contributed by atoms with Crippen LogP contribution in [-0.2, 0) is 11.8 Å². The van der Waals surface area contributed by atoms with Crippen molar-refractivity contribution in [3.63, 3.8) is 0 Å². The van der Waals surface area contributed by atoms with E-state index in [0.29, 0.717) is 0 Å². The number of amidine groups is 1. The summed E-state index contributed by atoms with van der Waals surface area (Å²) in [6.07, 6.45) is 3.64. The molecule has 3 aromatic rings. The molecular weight excluding hydrogens is 312 g/mol. The Labute approximate surface area is 145 Å². The van der Waals surface area contributed by atoms with Crippen molar-refractivity contribution in [2.45, 2.75) is 18.4 Å².